The second-order valence-corrected chi connectivity index (χ2v) is 6.47. The summed E-state index contributed by atoms with van der Waals surface area (Å²) < 4.78 is 5.17. The van der Waals surface area contributed by atoms with Crippen LogP contribution in [0.1, 0.15) is 38.7 Å². The van der Waals surface area contributed by atoms with E-state index in [0.717, 1.165) is 37.1 Å². The van der Waals surface area contributed by atoms with Crippen molar-refractivity contribution in [3.63, 3.8) is 0 Å². The molecule has 1 saturated carbocycles. The van der Waals surface area contributed by atoms with Gasteiger partial charge in [-0.05, 0) is 37.6 Å². The van der Waals surface area contributed by atoms with E-state index in [-0.39, 0.29) is 11.9 Å². The van der Waals surface area contributed by atoms with E-state index in [4.69, 9.17) is 4.74 Å². The van der Waals surface area contributed by atoms with Crippen molar-refractivity contribution >= 4 is 11.9 Å². The Labute approximate surface area is 143 Å². The molecule has 3 amide bonds. The topological polar surface area (TPSA) is 71.9 Å². The molecule has 1 fully saturated rings. The van der Waals surface area contributed by atoms with Crippen LogP contribution in [-0.4, -0.2) is 37.7 Å². The van der Waals surface area contributed by atoms with E-state index in [1.54, 1.807) is 7.11 Å². The number of ether oxygens (including phenoxy) is 1. The van der Waals surface area contributed by atoms with Gasteiger partial charge in [0.15, 0.2) is 6.54 Å². The monoisotopic (exact) mass is 334 g/mol. The standard InChI is InChI=1S/C18H27N3O3/c1-4-13(2)19-18(23)20-17(22)12-21(15-7-8-15)11-14-5-9-16(24-3)10-6-14/h5-6,9-10,13,15H,4,7-8,11-12H2,1-3H3,(H2,19,20,22,23)/p+1/t13-/m0/s1. The molecule has 6 nitrogen and oxygen atoms in total. The number of hydrogen-bond acceptors (Lipinski definition) is 3. The lowest BCUT2D eigenvalue weighted by molar-refractivity contribution is -0.917. The molecule has 0 aromatic heterocycles. The van der Waals surface area contributed by atoms with Crippen LogP contribution in [0.5, 0.6) is 5.75 Å². The number of methoxy groups -OCH3 is 1. The Morgan fingerprint density at radius 3 is 2.50 bits per heavy atom. The molecule has 0 saturated heterocycles. The van der Waals surface area contributed by atoms with E-state index >= 15 is 0 Å². The maximum Gasteiger partial charge on any atom is 0.321 e. The van der Waals surface area contributed by atoms with Crippen molar-refractivity contribution in [1.82, 2.24) is 10.6 Å². The maximum atomic E-state index is 12.1. The normalized spacial score (nSPS) is 16.1. The number of carbonyl (C=O) groups is 2. The molecular weight excluding hydrogens is 306 g/mol. The predicted octanol–water partition coefficient (Wildman–Crippen LogP) is 0.867. The van der Waals surface area contributed by atoms with Crippen LogP contribution >= 0.6 is 0 Å². The van der Waals surface area contributed by atoms with Crippen molar-refractivity contribution in [2.24, 2.45) is 0 Å². The van der Waals surface area contributed by atoms with Gasteiger partial charge in [-0.3, -0.25) is 10.1 Å². The van der Waals surface area contributed by atoms with Gasteiger partial charge < -0.3 is 15.0 Å². The number of amides is 3. The second kappa shape index (κ2) is 8.68. The molecule has 3 N–H and O–H groups in total. The smallest absolute Gasteiger partial charge is 0.321 e. The summed E-state index contributed by atoms with van der Waals surface area (Å²) in [6.07, 6.45) is 3.11. The summed E-state index contributed by atoms with van der Waals surface area (Å²) in [5, 5.41) is 5.18. The van der Waals surface area contributed by atoms with Crippen molar-refractivity contribution in [3.8, 4) is 5.75 Å². The number of rotatable bonds is 8. The van der Waals surface area contributed by atoms with Gasteiger partial charge in [0.25, 0.3) is 5.91 Å². The van der Waals surface area contributed by atoms with E-state index in [2.05, 4.69) is 10.6 Å². The molecule has 0 radical (unpaired) electrons. The maximum absolute atomic E-state index is 12.1. The molecule has 0 bridgehead atoms. The Balaban J connectivity index is 1.86. The van der Waals surface area contributed by atoms with Gasteiger partial charge in [0.05, 0.1) is 13.2 Å². The van der Waals surface area contributed by atoms with Crippen molar-refractivity contribution in [2.45, 2.75) is 51.7 Å². The molecule has 132 valence electrons. The predicted molar refractivity (Wildman–Crippen MR) is 92.0 cm³/mol. The molecular formula is C18H28N3O3+. The minimum absolute atomic E-state index is 0.0592. The SMILES string of the molecule is CC[C@H](C)NC(=O)NC(=O)C[NH+](Cc1ccc(OC)cc1)C1CC1. The largest absolute Gasteiger partial charge is 0.497 e. The van der Waals surface area contributed by atoms with Gasteiger partial charge in [-0.2, -0.15) is 0 Å². The zero-order valence-electron chi connectivity index (χ0n) is 14.7. The first-order valence-corrected chi connectivity index (χ1v) is 8.59. The Kier molecular flexibility index (Phi) is 6.61. The van der Waals surface area contributed by atoms with Crippen LogP contribution in [0.25, 0.3) is 0 Å². The summed E-state index contributed by atoms with van der Waals surface area (Å²) in [6.45, 7) is 4.98. The van der Waals surface area contributed by atoms with Crippen molar-refractivity contribution in [3.05, 3.63) is 29.8 Å². The Hall–Kier alpha value is -2.08. The molecule has 2 rings (SSSR count). The van der Waals surface area contributed by atoms with Crippen LogP contribution in [0.3, 0.4) is 0 Å². The summed E-state index contributed by atoms with van der Waals surface area (Å²) in [7, 11) is 1.64. The summed E-state index contributed by atoms with van der Waals surface area (Å²) in [5.41, 5.74) is 1.16. The molecule has 0 heterocycles. The fourth-order valence-electron chi connectivity index (χ4n) is 2.59. The van der Waals surface area contributed by atoms with Gasteiger partial charge in [-0.15, -0.1) is 0 Å². The Morgan fingerprint density at radius 2 is 1.96 bits per heavy atom. The molecule has 1 aromatic carbocycles. The number of quaternary nitrogens is 1. The molecule has 2 atom stereocenters. The van der Waals surface area contributed by atoms with Crippen molar-refractivity contribution in [2.75, 3.05) is 13.7 Å². The number of urea groups is 1. The van der Waals surface area contributed by atoms with Gasteiger partial charge in [0, 0.05) is 24.4 Å². The van der Waals surface area contributed by atoms with Crippen LogP contribution < -0.4 is 20.3 Å². The third kappa shape index (κ3) is 5.85. The fraction of sp³-hybridized carbons (Fsp3) is 0.556. The lowest BCUT2D eigenvalue weighted by Gasteiger charge is -2.19. The molecule has 1 aliphatic carbocycles. The number of nitrogens with one attached hydrogen (secondary N) is 3. The number of imide groups is 1. The lowest BCUT2D eigenvalue weighted by Crippen LogP contribution is -3.13. The first kappa shape index (κ1) is 18.3. The molecule has 1 unspecified atom stereocenters. The summed E-state index contributed by atoms with van der Waals surface area (Å²) in [6, 6.07) is 8.07. The van der Waals surface area contributed by atoms with E-state index in [9.17, 15) is 9.59 Å². The zero-order valence-corrected chi connectivity index (χ0v) is 14.7. The fourth-order valence-corrected chi connectivity index (χ4v) is 2.59. The molecule has 24 heavy (non-hydrogen) atoms. The molecule has 0 spiro atoms. The van der Waals surface area contributed by atoms with E-state index in [0.29, 0.717) is 12.6 Å². The average molecular weight is 334 g/mol. The van der Waals surface area contributed by atoms with E-state index in [1.807, 2.05) is 38.1 Å². The van der Waals surface area contributed by atoms with Gasteiger partial charge in [-0.1, -0.05) is 6.92 Å². The third-order valence-electron chi connectivity index (χ3n) is 4.38. The van der Waals surface area contributed by atoms with Crippen LogP contribution in [0.15, 0.2) is 24.3 Å². The van der Waals surface area contributed by atoms with Crippen molar-refractivity contribution in [1.29, 1.82) is 0 Å². The highest BCUT2D eigenvalue weighted by molar-refractivity contribution is 5.94. The number of carbonyl (C=O) groups excluding carboxylic acids is 2. The third-order valence-corrected chi connectivity index (χ3v) is 4.38. The van der Waals surface area contributed by atoms with Crippen LogP contribution in [0.4, 0.5) is 4.79 Å². The number of benzene rings is 1. The van der Waals surface area contributed by atoms with Crippen molar-refractivity contribution < 1.29 is 19.2 Å². The average Bonchev–Trinajstić information content (AvgIpc) is 3.39. The zero-order chi connectivity index (χ0) is 17.5. The summed E-state index contributed by atoms with van der Waals surface area (Å²) >= 11 is 0. The van der Waals surface area contributed by atoms with Crippen LogP contribution in [-0.2, 0) is 11.3 Å². The highest BCUT2D eigenvalue weighted by Gasteiger charge is 2.34. The number of hydrogen-bond donors (Lipinski definition) is 3. The Morgan fingerprint density at radius 1 is 1.29 bits per heavy atom. The molecule has 6 heteroatoms. The quantitative estimate of drug-likeness (QED) is 0.660. The minimum Gasteiger partial charge on any atom is -0.497 e. The van der Waals surface area contributed by atoms with Crippen LogP contribution in [0, 0.1) is 0 Å². The summed E-state index contributed by atoms with van der Waals surface area (Å²) in [5.74, 6) is 0.595. The first-order chi connectivity index (χ1) is 11.5. The van der Waals surface area contributed by atoms with E-state index in [1.165, 1.54) is 4.90 Å². The summed E-state index contributed by atoms with van der Waals surface area (Å²) in [4.78, 5) is 25.1. The van der Waals surface area contributed by atoms with Gasteiger partial charge in [0.1, 0.15) is 12.3 Å². The minimum atomic E-state index is -0.408. The second-order valence-electron chi connectivity index (χ2n) is 6.47. The molecule has 0 aliphatic heterocycles. The Bertz CT molecular complexity index is 555. The van der Waals surface area contributed by atoms with Gasteiger partial charge >= 0.3 is 6.03 Å². The van der Waals surface area contributed by atoms with Crippen LogP contribution in [0.2, 0.25) is 0 Å². The molecule has 1 aromatic rings. The first-order valence-electron chi connectivity index (χ1n) is 8.59. The lowest BCUT2D eigenvalue weighted by atomic mass is 10.2. The highest BCUT2D eigenvalue weighted by Crippen LogP contribution is 2.16. The van der Waals surface area contributed by atoms with Gasteiger partial charge in [-0.25, -0.2) is 4.79 Å². The van der Waals surface area contributed by atoms with Gasteiger partial charge in [0.2, 0.25) is 0 Å². The highest BCUT2D eigenvalue weighted by atomic mass is 16.5. The van der Waals surface area contributed by atoms with E-state index < -0.39 is 6.03 Å². The molecule has 1 aliphatic rings.